The van der Waals surface area contributed by atoms with E-state index in [2.05, 4.69) is 19.9 Å². The van der Waals surface area contributed by atoms with Gasteiger partial charge in [-0.05, 0) is 24.3 Å². The van der Waals surface area contributed by atoms with Crippen LogP contribution in [0.1, 0.15) is 22.3 Å². The molecular formula is C17H14N4O. The van der Waals surface area contributed by atoms with Gasteiger partial charge in [0.1, 0.15) is 11.7 Å². The summed E-state index contributed by atoms with van der Waals surface area (Å²) in [6.45, 7) is 1.52. The highest BCUT2D eigenvalue weighted by Gasteiger charge is 2.30. The van der Waals surface area contributed by atoms with Crippen LogP contribution in [0, 0.1) is 0 Å². The molecule has 5 heteroatoms. The van der Waals surface area contributed by atoms with Crippen LogP contribution in [0.25, 0.3) is 0 Å². The van der Waals surface area contributed by atoms with E-state index < -0.39 is 0 Å². The number of nitrogens with zero attached hydrogens (tertiary/aromatic N) is 4. The number of benzene rings is 1. The van der Waals surface area contributed by atoms with E-state index >= 15 is 0 Å². The van der Waals surface area contributed by atoms with Crippen molar-refractivity contribution in [3.63, 3.8) is 0 Å². The lowest BCUT2D eigenvalue weighted by molar-refractivity contribution is 0.0998. The van der Waals surface area contributed by atoms with E-state index in [1.165, 1.54) is 0 Å². The highest BCUT2D eigenvalue weighted by Crippen LogP contribution is 2.29. The largest absolute Gasteiger partial charge is 0.312 e. The number of carbonyl (C=O) groups is 1. The number of aliphatic imine (C=N–C) groups is 2. The molecule has 5 nitrogen and oxygen atoms in total. The van der Waals surface area contributed by atoms with Crippen molar-refractivity contribution in [2.24, 2.45) is 9.98 Å². The van der Waals surface area contributed by atoms with Crippen LogP contribution in [-0.4, -0.2) is 40.4 Å². The Kier molecular flexibility index (Phi) is 3.04. The lowest BCUT2D eigenvalue weighted by Gasteiger charge is -2.27. The molecule has 4 rings (SSSR count). The number of hydrogen-bond acceptors (Lipinski definition) is 5. The van der Waals surface area contributed by atoms with Crippen LogP contribution in [0.15, 0.2) is 58.8 Å². The van der Waals surface area contributed by atoms with Gasteiger partial charge in [0.2, 0.25) is 0 Å². The van der Waals surface area contributed by atoms with Gasteiger partial charge in [0, 0.05) is 30.1 Å². The van der Waals surface area contributed by atoms with E-state index in [1.54, 1.807) is 24.5 Å². The third-order valence-electron chi connectivity index (χ3n) is 3.85. The number of Topliss-reactive ketones (excluding diaryl/α,β-unsaturated/α-hetero) is 1. The van der Waals surface area contributed by atoms with Gasteiger partial charge < -0.3 is 4.90 Å². The number of hydrogen-bond donors (Lipinski definition) is 0. The maximum atomic E-state index is 12.4. The number of fused-ring (bicyclic) bond motifs is 3. The number of carbonyl (C=O) groups excluding carboxylic acids is 1. The van der Waals surface area contributed by atoms with Gasteiger partial charge in [0.15, 0.2) is 5.78 Å². The lowest BCUT2D eigenvalue weighted by Crippen LogP contribution is -2.38. The molecule has 108 valence electrons. The molecule has 2 aromatic rings. The molecule has 2 aliphatic heterocycles. The van der Waals surface area contributed by atoms with E-state index in [9.17, 15) is 4.79 Å². The van der Waals surface area contributed by atoms with Gasteiger partial charge >= 0.3 is 0 Å². The van der Waals surface area contributed by atoms with E-state index in [-0.39, 0.29) is 12.2 Å². The van der Waals surface area contributed by atoms with Gasteiger partial charge in [-0.3, -0.25) is 14.8 Å². The molecule has 0 atom stereocenters. The first-order chi connectivity index (χ1) is 10.8. The molecule has 0 radical (unpaired) electrons. The molecule has 0 spiro atoms. The first-order valence-electron chi connectivity index (χ1n) is 7.25. The van der Waals surface area contributed by atoms with Crippen molar-refractivity contribution < 1.29 is 4.79 Å². The second-order valence-corrected chi connectivity index (χ2v) is 5.24. The van der Waals surface area contributed by atoms with Crippen molar-refractivity contribution in [2.45, 2.75) is 6.42 Å². The number of para-hydroxylation sites is 1. The average Bonchev–Trinajstić information content (AvgIpc) is 3.06. The zero-order chi connectivity index (χ0) is 14.9. The highest BCUT2D eigenvalue weighted by atomic mass is 16.1. The van der Waals surface area contributed by atoms with Gasteiger partial charge in [0.25, 0.3) is 0 Å². The maximum Gasteiger partial charge on any atom is 0.171 e. The smallest absolute Gasteiger partial charge is 0.171 e. The monoisotopic (exact) mass is 290 g/mol. The molecule has 0 saturated heterocycles. The molecular weight excluding hydrogens is 276 g/mol. The van der Waals surface area contributed by atoms with Crippen LogP contribution in [0.5, 0.6) is 0 Å². The zero-order valence-electron chi connectivity index (χ0n) is 11.9. The lowest BCUT2D eigenvalue weighted by atomic mass is 10.1. The van der Waals surface area contributed by atoms with Crippen LogP contribution in [0.3, 0.4) is 0 Å². The Bertz CT molecular complexity index is 795. The van der Waals surface area contributed by atoms with Gasteiger partial charge in [0.05, 0.1) is 18.7 Å². The topological polar surface area (TPSA) is 57.9 Å². The first-order valence-corrected chi connectivity index (χ1v) is 7.25. The Morgan fingerprint density at radius 2 is 2.09 bits per heavy atom. The maximum absolute atomic E-state index is 12.4. The Balaban J connectivity index is 1.69. The number of rotatable bonds is 3. The predicted octanol–water partition coefficient (Wildman–Crippen LogP) is 2.46. The van der Waals surface area contributed by atoms with E-state index in [1.807, 2.05) is 24.3 Å². The molecule has 0 saturated carbocycles. The van der Waals surface area contributed by atoms with Crippen molar-refractivity contribution in [3.8, 4) is 0 Å². The van der Waals surface area contributed by atoms with E-state index in [0.29, 0.717) is 5.56 Å². The molecule has 2 aliphatic rings. The second kappa shape index (κ2) is 5.18. The van der Waals surface area contributed by atoms with E-state index in [0.717, 1.165) is 36.0 Å². The van der Waals surface area contributed by atoms with Crippen molar-refractivity contribution in [2.75, 3.05) is 13.1 Å². The van der Waals surface area contributed by atoms with Gasteiger partial charge in [-0.1, -0.05) is 12.1 Å². The van der Waals surface area contributed by atoms with Crippen LogP contribution in [0.4, 0.5) is 5.69 Å². The number of ketones is 1. The van der Waals surface area contributed by atoms with Crippen LogP contribution in [-0.2, 0) is 0 Å². The summed E-state index contributed by atoms with van der Waals surface area (Å²) in [5, 5.41) is 0. The Morgan fingerprint density at radius 3 is 2.95 bits per heavy atom. The summed E-state index contributed by atoms with van der Waals surface area (Å²) >= 11 is 0. The van der Waals surface area contributed by atoms with Gasteiger partial charge in [-0.25, -0.2) is 4.99 Å². The van der Waals surface area contributed by atoms with Crippen molar-refractivity contribution in [1.29, 1.82) is 0 Å². The minimum Gasteiger partial charge on any atom is -0.312 e. The molecule has 3 heterocycles. The summed E-state index contributed by atoms with van der Waals surface area (Å²) in [7, 11) is 0. The number of amidine groups is 2. The van der Waals surface area contributed by atoms with E-state index in [4.69, 9.17) is 0 Å². The molecule has 0 unspecified atom stereocenters. The molecule has 0 bridgehead atoms. The van der Waals surface area contributed by atoms with Crippen LogP contribution >= 0.6 is 0 Å². The Labute approximate surface area is 128 Å². The summed E-state index contributed by atoms with van der Waals surface area (Å²) in [5.74, 6) is 1.72. The predicted molar refractivity (Wildman–Crippen MR) is 84.8 cm³/mol. The Morgan fingerprint density at radius 1 is 1.18 bits per heavy atom. The third kappa shape index (κ3) is 2.11. The summed E-state index contributed by atoms with van der Waals surface area (Å²) in [4.78, 5) is 27.7. The van der Waals surface area contributed by atoms with Crippen molar-refractivity contribution >= 4 is 23.1 Å². The normalized spacial score (nSPS) is 15.7. The van der Waals surface area contributed by atoms with Gasteiger partial charge in [-0.2, -0.15) is 0 Å². The summed E-state index contributed by atoms with van der Waals surface area (Å²) in [6, 6.07) is 11.5. The Hall–Kier alpha value is -2.82. The van der Waals surface area contributed by atoms with Crippen LogP contribution < -0.4 is 0 Å². The molecule has 0 N–H and O–H groups in total. The molecule has 0 aliphatic carbocycles. The summed E-state index contributed by atoms with van der Waals surface area (Å²) in [6.07, 6.45) is 3.52. The molecule has 1 aromatic carbocycles. The summed E-state index contributed by atoms with van der Waals surface area (Å²) < 4.78 is 0. The number of aromatic nitrogens is 1. The SMILES string of the molecule is O=C(CC1=Nc2ccccc2C2=NCCN12)c1cccnc1. The minimum atomic E-state index is 0.0254. The fourth-order valence-electron chi connectivity index (χ4n) is 2.80. The summed E-state index contributed by atoms with van der Waals surface area (Å²) in [5.41, 5.74) is 2.53. The zero-order valence-corrected chi connectivity index (χ0v) is 11.9. The molecule has 0 amide bonds. The fourth-order valence-corrected chi connectivity index (χ4v) is 2.80. The molecule has 1 aromatic heterocycles. The highest BCUT2D eigenvalue weighted by molar-refractivity contribution is 6.20. The number of pyridine rings is 1. The minimum absolute atomic E-state index is 0.0254. The quantitative estimate of drug-likeness (QED) is 0.816. The standard InChI is InChI=1S/C17H14N4O/c22-15(12-4-3-7-18-11-12)10-16-20-14-6-2-1-5-13(14)17-19-8-9-21(16)17/h1-7,11H,8-10H2. The molecule has 0 fully saturated rings. The first kappa shape index (κ1) is 12.9. The van der Waals surface area contributed by atoms with Crippen LogP contribution in [0.2, 0.25) is 0 Å². The second-order valence-electron chi connectivity index (χ2n) is 5.24. The fraction of sp³-hybridized carbons (Fsp3) is 0.176. The third-order valence-corrected chi connectivity index (χ3v) is 3.85. The van der Waals surface area contributed by atoms with Gasteiger partial charge in [-0.15, -0.1) is 0 Å². The van der Waals surface area contributed by atoms with Crippen molar-refractivity contribution in [3.05, 3.63) is 59.9 Å². The van der Waals surface area contributed by atoms with Crippen molar-refractivity contribution in [1.82, 2.24) is 9.88 Å². The average molecular weight is 290 g/mol. The molecule has 22 heavy (non-hydrogen) atoms.